The predicted octanol–water partition coefficient (Wildman–Crippen LogP) is 4.51. The minimum atomic E-state index is 0.784. The van der Waals surface area contributed by atoms with Gasteiger partial charge in [0, 0.05) is 16.2 Å². The number of aromatic nitrogens is 3. The molecular weight excluding hydrogens is 314 g/mol. The summed E-state index contributed by atoms with van der Waals surface area (Å²) < 4.78 is 1.03. The molecule has 0 unspecified atom stereocenters. The number of nitrogens with one attached hydrogen (secondary N) is 1. The van der Waals surface area contributed by atoms with Crippen molar-refractivity contribution in [1.29, 1.82) is 0 Å². The van der Waals surface area contributed by atoms with Crippen molar-refractivity contribution in [3.8, 4) is 11.4 Å². The summed E-state index contributed by atoms with van der Waals surface area (Å²) in [6.07, 6.45) is 3.85. The standard InChI is InChI=1S/C16H16BrN3/c1-3-10-5-7-11(8-6-10)15-19-13(4-2)14-12(17)9-18-16(14)20-15/h5-9H,3-4H2,1-2H3,(H,18,19,20). The Morgan fingerprint density at radius 2 is 1.80 bits per heavy atom. The van der Waals surface area contributed by atoms with Gasteiger partial charge in [-0.05, 0) is 34.3 Å². The molecule has 102 valence electrons. The number of aryl methyl sites for hydroxylation is 2. The molecule has 1 aromatic carbocycles. The van der Waals surface area contributed by atoms with Crippen LogP contribution in [-0.2, 0) is 12.8 Å². The van der Waals surface area contributed by atoms with E-state index in [1.54, 1.807) is 0 Å². The summed E-state index contributed by atoms with van der Waals surface area (Å²) in [6, 6.07) is 8.47. The predicted molar refractivity (Wildman–Crippen MR) is 85.8 cm³/mol. The van der Waals surface area contributed by atoms with Gasteiger partial charge in [0.05, 0.1) is 11.1 Å². The summed E-state index contributed by atoms with van der Waals surface area (Å²) in [7, 11) is 0. The molecule has 3 nitrogen and oxygen atoms in total. The van der Waals surface area contributed by atoms with E-state index in [9.17, 15) is 0 Å². The first-order valence-corrected chi connectivity index (χ1v) is 7.65. The lowest BCUT2D eigenvalue weighted by atomic mass is 10.1. The van der Waals surface area contributed by atoms with Crippen LogP contribution in [0.15, 0.2) is 34.9 Å². The molecule has 0 atom stereocenters. The summed E-state index contributed by atoms with van der Waals surface area (Å²) >= 11 is 3.55. The van der Waals surface area contributed by atoms with E-state index >= 15 is 0 Å². The van der Waals surface area contributed by atoms with Crippen molar-refractivity contribution >= 4 is 27.0 Å². The SMILES string of the molecule is CCc1ccc(-c2nc(CC)c3c(Br)c[nH]c3n2)cc1. The first-order chi connectivity index (χ1) is 9.72. The highest BCUT2D eigenvalue weighted by Crippen LogP contribution is 2.27. The van der Waals surface area contributed by atoms with Gasteiger partial charge in [-0.2, -0.15) is 0 Å². The number of rotatable bonds is 3. The third kappa shape index (κ3) is 2.24. The Balaban J connectivity index is 2.15. The molecule has 0 saturated carbocycles. The smallest absolute Gasteiger partial charge is 0.161 e. The lowest BCUT2D eigenvalue weighted by Crippen LogP contribution is -1.96. The lowest BCUT2D eigenvalue weighted by molar-refractivity contribution is 1.03. The van der Waals surface area contributed by atoms with Gasteiger partial charge in [0.25, 0.3) is 0 Å². The van der Waals surface area contributed by atoms with E-state index in [1.165, 1.54) is 5.56 Å². The number of hydrogen-bond donors (Lipinski definition) is 1. The molecule has 0 amide bonds. The highest BCUT2D eigenvalue weighted by atomic mass is 79.9. The molecule has 0 spiro atoms. The van der Waals surface area contributed by atoms with Gasteiger partial charge in [0.2, 0.25) is 0 Å². The van der Waals surface area contributed by atoms with Gasteiger partial charge in [-0.15, -0.1) is 0 Å². The van der Waals surface area contributed by atoms with Gasteiger partial charge < -0.3 is 4.98 Å². The zero-order valence-corrected chi connectivity index (χ0v) is 13.2. The van der Waals surface area contributed by atoms with Crippen LogP contribution < -0.4 is 0 Å². The maximum absolute atomic E-state index is 4.72. The van der Waals surface area contributed by atoms with Crippen LogP contribution in [0.4, 0.5) is 0 Å². The molecule has 0 fully saturated rings. The van der Waals surface area contributed by atoms with Crippen molar-refractivity contribution in [1.82, 2.24) is 15.0 Å². The molecule has 0 aliphatic heterocycles. The van der Waals surface area contributed by atoms with Gasteiger partial charge in [-0.25, -0.2) is 9.97 Å². The Hall–Kier alpha value is -1.68. The van der Waals surface area contributed by atoms with Gasteiger partial charge in [0.15, 0.2) is 5.82 Å². The van der Waals surface area contributed by atoms with Crippen LogP contribution in [0.1, 0.15) is 25.1 Å². The Morgan fingerprint density at radius 3 is 2.45 bits per heavy atom. The van der Waals surface area contributed by atoms with Crippen LogP contribution in [0.3, 0.4) is 0 Å². The fourth-order valence-corrected chi connectivity index (χ4v) is 2.87. The van der Waals surface area contributed by atoms with Crippen molar-refractivity contribution in [3.05, 3.63) is 46.2 Å². The Morgan fingerprint density at radius 1 is 1.05 bits per heavy atom. The number of H-pyrrole nitrogens is 1. The number of benzene rings is 1. The quantitative estimate of drug-likeness (QED) is 0.767. The monoisotopic (exact) mass is 329 g/mol. The molecule has 0 aliphatic carbocycles. The summed E-state index contributed by atoms with van der Waals surface area (Å²) in [5.74, 6) is 0.784. The van der Waals surface area contributed by atoms with Crippen LogP contribution in [0, 0.1) is 0 Å². The van der Waals surface area contributed by atoms with Crippen LogP contribution in [0.2, 0.25) is 0 Å². The molecule has 20 heavy (non-hydrogen) atoms. The largest absolute Gasteiger partial charge is 0.345 e. The molecular formula is C16H16BrN3. The third-order valence-corrected chi connectivity index (χ3v) is 4.14. The topological polar surface area (TPSA) is 41.6 Å². The number of fused-ring (bicyclic) bond motifs is 1. The Labute approximate surface area is 126 Å². The minimum absolute atomic E-state index is 0.784. The summed E-state index contributed by atoms with van der Waals surface area (Å²) in [5.41, 5.74) is 4.34. The van der Waals surface area contributed by atoms with Crippen LogP contribution in [-0.4, -0.2) is 15.0 Å². The highest BCUT2D eigenvalue weighted by Gasteiger charge is 2.12. The normalized spacial score (nSPS) is 11.2. The van der Waals surface area contributed by atoms with Crippen molar-refractivity contribution in [3.63, 3.8) is 0 Å². The fraction of sp³-hybridized carbons (Fsp3) is 0.250. The van der Waals surface area contributed by atoms with Gasteiger partial charge in [0.1, 0.15) is 5.65 Å². The number of nitrogens with zero attached hydrogens (tertiary/aromatic N) is 2. The fourth-order valence-electron chi connectivity index (χ4n) is 2.34. The average Bonchev–Trinajstić information content (AvgIpc) is 2.88. The number of halogens is 1. The molecule has 0 aliphatic rings. The molecule has 2 heterocycles. The van der Waals surface area contributed by atoms with E-state index < -0.39 is 0 Å². The molecule has 4 heteroatoms. The summed E-state index contributed by atoms with van der Waals surface area (Å²) in [4.78, 5) is 12.5. The summed E-state index contributed by atoms with van der Waals surface area (Å²) in [6.45, 7) is 4.27. The van der Waals surface area contributed by atoms with Crippen molar-refractivity contribution < 1.29 is 0 Å². The highest BCUT2D eigenvalue weighted by molar-refractivity contribution is 9.10. The lowest BCUT2D eigenvalue weighted by Gasteiger charge is -2.06. The van der Waals surface area contributed by atoms with E-state index in [-0.39, 0.29) is 0 Å². The molecule has 3 aromatic rings. The minimum Gasteiger partial charge on any atom is -0.345 e. The molecule has 3 rings (SSSR count). The third-order valence-electron chi connectivity index (χ3n) is 3.51. The van der Waals surface area contributed by atoms with Gasteiger partial charge in [-0.3, -0.25) is 0 Å². The second kappa shape index (κ2) is 5.37. The maximum Gasteiger partial charge on any atom is 0.161 e. The van der Waals surface area contributed by atoms with Crippen LogP contribution in [0.5, 0.6) is 0 Å². The van der Waals surface area contributed by atoms with Gasteiger partial charge >= 0.3 is 0 Å². The summed E-state index contributed by atoms with van der Waals surface area (Å²) in [5, 5.41) is 1.08. The van der Waals surface area contributed by atoms with Crippen LogP contribution in [0.25, 0.3) is 22.4 Å². The molecule has 1 N–H and O–H groups in total. The zero-order chi connectivity index (χ0) is 14.1. The first kappa shape index (κ1) is 13.3. The molecule has 0 saturated heterocycles. The van der Waals surface area contributed by atoms with Crippen molar-refractivity contribution in [2.75, 3.05) is 0 Å². The van der Waals surface area contributed by atoms with Gasteiger partial charge in [-0.1, -0.05) is 38.1 Å². The number of hydrogen-bond acceptors (Lipinski definition) is 2. The van der Waals surface area contributed by atoms with Crippen molar-refractivity contribution in [2.45, 2.75) is 26.7 Å². The van der Waals surface area contributed by atoms with E-state index in [0.29, 0.717) is 0 Å². The second-order valence-corrected chi connectivity index (χ2v) is 5.61. The Kier molecular flexibility index (Phi) is 3.57. The Bertz CT molecular complexity index is 744. The van der Waals surface area contributed by atoms with Crippen LogP contribution >= 0.6 is 15.9 Å². The molecule has 0 radical (unpaired) electrons. The second-order valence-electron chi connectivity index (χ2n) is 4.76. The van der Waals surface area contributed by atoms with E-state index in [0.717, 1.165) is 45.4 Å². The average molecular weight is 330 g/mol. The first-order valence-electron chi connectivity index (χ1n) is 6.85. The maximum atomic E-state index is 4.72. The number of aromatic amines is 1. The molecule has 0 bridgehead atoms. The van der Waals surface area contributed by atoms with E-state index in [2.05, 4.69) is 64.0 Å². The van der Waals surface area contributed by atoms with E-state index in [1.807, 2.05) is 6.20 Å². The zero-order valence-electron chi connectivity index (χ0n) is 11.6. The van der Waals surface area contributed by atoms with Crippen molar-refractivity contribution in [2.24, 2.45) is 0 Å². The molecule has 2 aromatic heterocycles. The van der Waals surface area contributed by atoms with E-state index in [4.69, 9.17) is 4.98 Å².